The number of hydrogen-bond acceptors (Lipinski definition) is 18. The molecule has 0 spiro atoms. The molecule has 41 heteroatoms. The van der Waals surface area contributed by atoms with Crippen molar-refractivity contribution in [3.05, 3.63) is 90.3 Å². The number of ether oxygens (including phenoxy) is 1. The summed E-state index contributed by atoms with van der Waals surface area (Å²) in [6.45, 7) is 8.43. The van der Waals surface area contributed by atoms with Crippen LogP contribution >= 0.6 is 0 Å². The smallest absolute Gasteiger partial charge is 0.475 e. The molecule has 1 unspecified atom stereocenters. The van der Waals surface area contributed by atoms with Crippen molar-refractivity contribution in [2.75, 3.05) is 63.0 Å². The third-order valence-corrected chi connectivity index (χ3v) is 16.5. The second-order valence-corrected chi connectivity index (χ2v) is 22.9. The Morgan fingerprint density at radius 3 is 1.28 bits per heavy atom. The number of anilines is 2. The van der Waals surface area contributed by atoms with E-state index in [-0.39, 0.29) is 24.8 Å². The number of rotatable bonds is 9. The zero-order valence-corrected chi connectivity index (χ0v) is 52.2. The van der Waals surface area contributed by atoms with Crippen LogP contribution in [0.3, 0.4) is 0 Å². The summed E-state index contributed by atoms with van der Waals surface area (Å²) in [6, 6.07) is 24.3. The van der Waals surface area contributed by atoms with Crippen LogP contribution in [-0.2, 0) is 33.6 Å². The number of alkyl halides is 15. The molecule has 0 radical (unpaired) electrons. The number of aliphatic carboxylic acids is 5. The number of halogens is 15. The van der Waals surface area contributed by atoms with Gasteiger partial charge in [0, 0.05) is 62.0 Å². The van der Waals surface area contributed by atoms with E-state index in [1.165, 1.54) is 25.7 Å². The number of likely N-dealkylation sites (tertiary alicyclic amines) is 3. The highest BCUT2D eigenvalue weighted by Gasteiger charge is 2.46. The lowest BCUT2D eigenvalue weighted by Gasteiger charge is -2.47. The van der Waals surface area contributed by atoms with Crippen molar-refractivity contribution >= 4 is 76.0 Å². The fraction of sp³-hybridized carbons (Fsp3) is 0.467. The molecule has 101 heavy (non-hydrogen) atoms. The summed E-state index contributed by atoms with van der Waals surface area (Å²) < 4.78 is 167. The van der Waals surface area contributed by atoms with Crippen LogP contribution in [0.4, 0.5) is 77.4 Å². The Bertz CT molecular complexity index is 3610. The molecule has 8 heterocycles. The first kappa shape index (κ1) is 80.0. The number of hydrogen-bond donors (Lipinski definition) is 7. The SMILES string of the molecule is Nc1ncnc2c1c(-c1ccc(Oc3ccccc3)cc1)nn2C1CCN(C2CCN(C3CCN(C4CCN(c5ccc6c(c5)C(=O)N(C5CCC(=O)NC5=O)C6=O)CC4)CC3)CC2)CC1.O=C(O)C(F)(F)F.O=C(O)C(F)(F)F.O=C(O)C(F)(F)F.O=C(O)C(F)(F)F.O=C(O)C(F)(F)F. The molecule has 5 fully saturated rings. The van der Waals surface area contributed by atoms with Gasteiger partial charge in [0.15, 0.2) is 5.65 Å². The van der Waals surface area contributed by atoms with Gasteiger partial charge in [0.2, 0.25) is 11.8 Å². The summed E-state index contributed by atoms with van der Waals surface area (Å²) in [5.74, 6) is -13.7. The van der Waals surface area contributed by atoms with E-state index in [9.17, 15) is 85.0 Å². The number of carboxylic acids is 5. The van der Waals surface area contributed by atoms with Crippen molar-refractivity contribution in [3.63, 3.8) is 0 Å². The van der Waals surface area contributed by atoms with E-state index in [0.29, 0.717) is 35.1 Å². The summed E-state index contributed by atoms with van der Waals surface area (Å²) in [7, 11) is 0. The van der Waals surface area contributed by atoms with Crippen molar-refractivity contribution in [2.24, 2.45) is 0 Å². The second-order valence-electron chi connectivity index (χ2n) is 22.9. The van der Waals surface area contributed by atoms with Gasteiger partial charge in [-0.2, -0.15) is 71.0 Å². The number of carbonyl (C=O) groups excluding carboxylic acids is 4. The zero-order valence-electron chi connectivity index (χ0n) is 52.2. The number of fused-ring (bicyclic) bond motifs is 2. The van der Waals surface area contributed by atoms with Crippen molar-refractivity contribution in [3.8, 4) is 22.8 Å². The summed E-state index contributed by atoms with van der Waals surface area (Å²) in [5, 5.41) is 43.9. The molecule has 6 aliphatic heterocycles. The Balaban J connectivity index is 0.000000377. The van der Waals surface area contributed by atoms with E-state index in [4.69, 9.17) is 70.1 Å². The molecule has 5 saturated heterocycles. The van der Waals surface area contributed by atoms with E-state index in [1.54, 1.807) is 12.4 Å². The van der Waals surface area contributed by atoms with Gasteiger partial charge in [-0.25, -0.2) is 38.6 Å². The molecule has 2 aromatic heterocycles. The summed E-state index contributed by atoms with van der Waals surface area (Å²) in [6.07, 6.45) is -14.6. The monoisotopic (exact) mass is 1460 g/mol. The minimum atomic E-state index is -5.08. The number of nitrogens with zero attached hydrogens (tertiary/aromatic N) is 9. The molecular weight excluding hydrogens is 1400 g/mol. The highest BCUT2D eigenvalue weighted by atomic mass is 19.4. The Morgan fingerprint density at radius 2 is 0.871 bits per heavy atom. The van der Waals surface area contributed by atoms with E-state index >= 15 is 0 Å². The molecule has 3 aromatic carbocycles. The lowest BCUT2D eigenvalue weighted by molar-refractivity contribution is -0.193. The summed E-state index contributed by atoms with van der Waals surface area (Å²) in [4.78, 5) is 116. The number of carboxylic acid groups (broad SMARTS) is 5. The first-order valence-electron chi connectivity index (χ1n) is 30.1. The van der Waals surface area contributed by atoms with Crippen molar-refractivity contribution < 1.29 is 139 Å². The predicted octanol–water partition coefficient (Wildman–Crippen LogP) is 8.67. The Labute approximate surface area is 560 Å². The average molecular weight is 1460 g/mol. The van der Waals surface area contributed by atoms with Crippen LogP contribution in [0.1, 0.15) is 91.0 Å². The minimum absolute atomic E-state index is 0.106. The normalized spacial score (nSPS) is 18.7. The van der Waals surface area contributed by atoms with Gasteiger partial charge in [0.1, 0.15) is 35.4 Å². The molecule has 4 amide bonds. The van der Waals surface area contributed by atoms with Crippen LogP contribution < -0.4 is 20.7 Å². The largest absolute Gasteiger partial charge is 0.490 e. The van der Waals surface area contributed by atoms with Gasteiger partial charge in [-0.05, 0) is 139 Å². The molecule has 8 N–H and O–H groups in total. The summed E-state index contributed by atoms with van der Waals surface area (Å²) in [5.41, 5.74) is 10.6. The Kier molecular flexibility index (Phi) is 26.5. The molecule has 0 saturated carbocycles. The number of nitrogens with two attached hydrogens (primary N) is 1. The molecule has 26 nitrogen and oxygen atoms in total. The molecule has 0 aliphatic carbocycles. The molecule has 11 rings (SSSR count). The third-order valence-electron chi connectivity index (χ3n) is 16.5. The standard InChI is InChI=1S/C50H57N11O5.5C2HF3O2/c51-46-44-45(32-6-9-39(10-7-32)66-38-4-2-1-3-5-38)55-61(47(44)53-31-52-46)36-20-28-58(29-21-36)34-16-24-56(25-17-34)33-14-22-57(23-15-33)35-18-26-59(27-19-35)37-8-11-40-41(30-37)50(65)60(49(40)64)42-12-13-43(62)54-48(42)63;5*3-2(4,5)1(6)7/h1-11,30-31,33-36,42H,12-29H2,(H2,51,52,53)(H,54,62,63);5*(H,6,7). The van der Waals surface area contributed by atoms with Crippen LogP contribution in [0.2, 0.25) is 0 Å². The molecule has 6 aliphatic rings. The van der Waals surface area contributed by atoms with Gasteiger partial charge in [-0.15, -0.1) is 0 Å². The number of amides is 4. The van der Waals surface area contributed by atoms with Crippen molar-refractivity contribution in [1.29, 1.82) is 0 Å². The van der Waals surface area contributed by atoms with Gasteiger partial charge in [-0.1, -0.05) is 18.2 Å². The number of nitrogen functional groups attached to an aromatic ring is 1. The molecular formula is C60H62F15N11O15. The van der Waals surface area contributed by atoms with E-state index < -0.39 is 84.5 Å². The number of carbonyl (C=O) groups is 9. The lowest BCUT2D eigenvalue weighted by atomic mass is 9.93. The number of para-hydroxylation sites is 1. The van der Waals surface area contributed by atoms with Crippen molar-refractivity contribution in [2.45, 2.75) is 125 Å². The highest BCUT2D eigenvalue weighted by molar-refractivity contribution is 6.23. The highest BCUT2D eigenvalue weighted by Crippen LogP contribution is 2.38. The van der Waals surface area contributed by atoms with Crippen molar-refractivity contribution in [1.82, 2.24) is 44.7 Å². The maximum atomic E-state index is 13.4. The maximum Gasteiger partial charge on any atom is 0.490 e. The van der Waals surface area contributed by atoms with E-state index in [0.717, 1.165) is 122 Å². The fourth-order valence-electron chi connectivity index (χ4n) is 11.6. The van der Waals surface area contributed by atoms with E-state index in [1.807, 2.05) is 66.7 Å². The van der Waals surface area contributed by atoms with Crippen LogP contribution in [0, 0.1) is 0 Å². The van der Waals surface area contributed by atoms with E-state index in [2.05, 4.69) is 34.6 Å². The first-order valence-corrected chi connectivity index (χ1v) is 30.1. The number of nitrogens with one attached hydrogen (secondary N) is 1. The van der Waals surface area contributed by atoms with Gasteiger partial charge < -0.3 is 55.6 Å². The minimum Gasteiger partial charge on any atom is -0.475 e. The molecule has 552 valence electrons. The molecule has 0 bridgehead atoms. The van der Waals surface area contributed by atoms with Crippen LogP contribution in [0.25, 0.3) is 22.3 Å². The molecule has 1 atom stereocenters. The second kappa shape index (κ2) is 33.5. The van der Waals surface area contributed by atoms with Crippen LogP contribution in [0.5, 0.6) is 11.5 Å². The predicted molar refractivity (Wildman–Crippen MR) is 318 cm³/mol. The van der Waals surface area contributed by atoms with Gasteiger partial charge in [0.05, 0.1) is 22.6 Å². The Morgan fingerprint density at radius 1 is 0.485 bits per heavy atom. The quantitative estimate of drug-likeness (QED) is 0.0536. The fourth-order valence-corrected chi connectivity index (χ4v) is 11.6. The Hall–Kier alpha value is -9.93. The number of imide groups is 2. The third kappa shape index (κ3) is 22.0. The summed E-state index contributed by atoms with van der Waals surface area (Å²) >= 11 is 0. The van der Waals surface area contributed by atoms with Gasteiger partial charge >= 0.3 is 60.7 Å². The molecule has 5 aromatic rings. The topological polar surface area (TPSA) is 362 Å². The number of piperidine rings is 5. The zero-order chi connectivity index (χ0) is 75.3. The average Bonchev–Trinajstić information content (AvgIpc) is 1.63. The van der Waals surface area contributed by atoms with Gasteiger partial charge in [0.25, 0.3) is 11.8 Å². The lowest BCUT2D eigenvalue weighted by Crippen LogP contribution is -2.54. The van der Waals surface area contributed by atoms with Crippen LogP contribution in [-0.4, -0.2) is 226 Å². The van der Waals surface area contributed by atoms with Gasteiger partial charge in [-0.3, -0.25) is 29.4 Å². The number of benzene rings is 3. The van der Waals surface area contributed by atoms with Crippen LogP contribution in [0.15, 0.2) is 79.1 Å². The number of aromatic nitrogens is 4. The first-order chi connectivity index (χ1) is 47.0. The maximum absolute atomic E-state index is 13.4.